The molecule has 0 radical (unpaired) electrons. The van der Waals surface area contributed by atoms with E-state index in [2.05, 4.69) is 15.9 Å². The average Bonchev–Trinajstić information content (AvgIpc) is 2.81. The van der Waals surface area contributed by atoms with E-state index in [0.717, 1.165) is 26.9 Å². The molecule has 0 fully saturated rings. The highest BCUT2D eigenvalue weighted by atomic mass is 79.9. The van der Waals surface area contributed by atoms with Crippen LogP contribution in [0.4, 0.5) is 0 Å². The van der Waals surface area contributed by atoms with Crippen LogP contribution in [0.5, 0.6) is 5.75 Å². The van der Waals surface area contributed by atoms with Gasteiger partial charge < -0.3 is 4.74 Å². The highest BCUT2D eigenvalue weighted by Gasteiger charge is 2.15. The Hall–Kier alpha value is -1.13. The first-order chi connectivity index (χ1) is 8.52. The van der Waals surface area contributed by atoms with E-state index >= 15 is 0 Å². The van der Waals surface area contributed by atoms with Gasteiger partial charge in [-0.3, -0.25) is 4.79 Å². The second-order valence-electron chi connectivity index (χ2n) is 4.10. The van der Waals surface area contributed by atoms with Crippen molar-refractivity contribution in [2.45, 2.75) is 13.8 Å². The van der Waals surface area contributed by atoms with Crippen LogP contribution in [0.2, 0.25) is 0 Å². The van der Waals surface area contributed by atoms with E-state index in [9.17, 15) is 4.79 Å². The fraction of sp³-hybridized carbons (Fsp3) is 0.214. The molecule has 0 bridgehead atoms. The molecular formula is C14H13BrO2S. The number of ketones is 1. The Bertz CT molecular complexity index is 602. The van der Waals surface area contributed by atoms with E-state index < -0.39 is 0 Å². The van der Waals surface area contributed by atoms with Crippen molar-refractivity contribution in [1.82, 2.24) is 0 Å². The molecule has 94 valence electrons. The van der Waals surface area contributed by atoms with Crippen LogP contribution in [0.1, 0.15) is 26.4 Å². The molecule has 2 aromatic rings. The fourth-order valence-electron chi connectivity index (χ4n) is 1.70. The molecule has 0 aliphatic rings. The summed E-state index contributed by atoms with van der Waals surface area (Å²) in [6, 6.07) is 5.69. The van der Waals surface area contributed by atoms with Crippen molar-refractivity contribution < 1.29 is 9.53 Å². The van der Waals surface area contributed by atoms with Crippen LogP contribution >= 0.6 is 27.3 Å². The van der Waals surface area contributed by atoms with E-state index in [0.29, 0.717) is 4.88 Å². The third-order valence-corrected chi connectivity index (χ3v) is 4.55. The summed E-state index contributed by atoms with van der Waals surface area (Å²) >= 11 is 4.88. The first-order valence-corrected chi connectivity index (χ1v) is 7.14. The number of hydrogen-bond donors (Lipinski definition) is 0. The van der Waals surface area contributed by atoms with Gasteiger partial charge in [-0.15, -0.1) is 11.3 Å². The molecule has 0 spiro atoms. The Balaban J connectivity index is 2.42. The lowest BCUT2D eigenvalue weighted by Gasteiger charge is -2.06. The van der Waals surface area contributed by atoms with Crippen molar-refractivity contribution in [2.24, 2.45) is 0 Å². The second-order valence-corrected chi connectivity index (χ2v) is 5.86. The molecular weight excluding hydrogens is 312 g/mol. The molecule has 0 aliphatic carbocycles. The number of carbonyl (C=O) groups excluding carboxylic acids is 1. The molecule has 0 saturated carbocycles. The molecule has 1 aromatic heterocycles. The van der Waals surface area contributed by atoms with E-state index in [-0.39, 0.29) is 5.78 Å². The molecule has 18 heavy (non-hydrogen) atoms. The van der Waals surface area contributed by atoms with Gasteiger partial charge in [0.05, 0.1) is 12.0 Å². The van der Waals surface area contributed by atoms with Crippen molar-refractivity contribution in [3.05, 3.63) is 49.6 Å². The van der Waals surface area contributed by atoms with E-state index in [1.165, 1.54) is 11.3 Å². The molecule has 0 N–H and O–H groups in total. The van der Waals surface area contributed by atoms with Crippen LogP contribution in [0.15, 0.2) is 28.1 Å². The van der Waals surface area contributed by atoms with Crippen LogP contribution in [-0.2, 0) is 0 Å². The first kappa shape index (κ1) is 13.3. The van der Waals surface area contributed by atoms with Gasteiger partial charge in [-0.05, 0) is 37.1 Å². The predicted octanol–water partition coefficient (Wildman–Crippen LogP) is 4.37. The second kappa shape index (κ2) is 5.24. The van der Waals surface area contributed by atoms with Crippen molar-refractivity contribution in [1.29, 1.82) is 0 Å². The van der Waals surface area contributed by atoms with Gasteiger partial charge in [-0.1, -0.05) is 15.9 Å². The van der Waals surface area contributed by atoms with E-state index in [4.69, 9.17) is 4.74 Å². The zero-order chi connectivity index (χ0) is 13.3. The summed E-state index contributed by atoms with van der Waals surface area (Å²) in [6.07, 6.45) is 0. The number of benzene rings is 1. The molecule has 1 heterocycles. The fourth-order valence-corrected chi connectivity index (χ4v) is 2.97. The van der Waals surface area contributed by atoms with Crippen LogP contribution in [0.3, 0.4) is 0 Å². The largest absolute Gasteiger partial charge is 0.496 e. The summed E-state index contributed by atoms with van der Waals surface area (Å²) < 4.78 is 6.13. The maximum Gasteiger partial charge on any atom is 0.203 e. The molecule has 2 nitrogen and oxygen atoms in total. The van der Waals surface area contributed by atoms with Gasteiger partial charge in [-0.25, -0.2) is 0 Å². The summed E-state index contributed by atoms with van der Waals surface area (Å²) in [6.45, 7) is 3.93. The Labute approximate surface area is 119 Å². The first-order valence-electron chi connectivity index (χ1n) is 5.47. The molecule has 0 unspecified atom stereocenters. The molecule has 0 aliphatic heterocycles. The maximum atomic E-state index is 12.4. The number of hydrogen-bond acceptors (Lipinski definition) is 3. The van der Waals surface area contributed by atoms with Gasteiger partial charge in [0.1, 0.15) is 5.75 Å². The van der Waals surface area contributed by atoms with Crippen molar-refractivity contribution in [2.75, 3.05) is 7.11 Å². The van der Waals surface area contributed by atoms with Gasteiger partial charge >= 0.3 is 0 Å². The number of thiophene rings is 1. The van der Waals surface area contributed by atoms with E-state index in [1.807, 2.05) is 31.4 Å². The summed E-state index contributed by atoms with van der Waals surface area (Å²) in [5.74, 6) is 0.784. The number of ether oxygens (including phenoxy) is 1. The number of aryl methyl sites for hydroxylation is 2. The van der Waals surface area contributed by atoms with Gasteiger partial charge in [0.2, 0.25) is 5.78 Å². The molecule has 4 heteroatoms. The minimum atomic E-state index is 0.0522. The Morgan fingerprint density at radius 3 is 2.56 bits per heavy atom. The molecule has 0 atom stereocenters. The maximum absolute atomic E-state index is 12.4. The molecule has 0 saturated heterocycles. The predicted molar refractivity (Wildman–Crippen MR) is 77.9 cm³/mol. The van der Waals surface area contributed by atoms with Crippen molar-refractivity contribution >= 4 is 33.0 Å². The monoisotopic (exact) mass is 324 g/mol. The summed E-state index contributed by atoms with van der Waals surface area (Å²) in [7, 11) is 1.60. The van der Waals surface area contributed by atoms with Gasteiger partial charge in [0, 0.05) is 21.5 Å². The number of halogens is 1. The molecule has 0 amide bonds. The summed E-state index contributed by atoms with van der Waals surface area (Å²) in [5, 5.41) is 1.84. The van der Waals surface area contributed by atoms with Crippen LogP contribution in [0.25, 0.3) is 0 Å². The van der Waals surface area contributed by atoms with Gasteiger partial charge in [0.25, 0.3) is 0 Å². The molecule has 2 rings (SSSR count). The average molecular weight is 325 g/mol. The van der Waals surface area contributed by atoms with Gasteiger partial charge in [-0.2, -0.15) is 0 Å². The zero-order valence-electron chi connectivity index (χ0n) is 10.4. The highest BCUT2D eigenvalue weighted by molar-refractivity contribution is 9.10. The highest BCUT2D eigenvalue weighted by Crippen LogP contribution is 2.27. The smallest absolute Gasteiger partial charge is 0.203 e. The van der Waals surface area contributed by atoms with Gasteiger partial charge in [0.15, 0.2) is 0 Å². The lowest BCUT2D eigenvalue weighted by atomic mass is 10.0. The van der Waals surface area contributed by atoms with Crippen molar-refractivity contribution in [3.8, 4) is 5.75 Å². The van der Waals surface area contributed by atoms with Crippen molar-refractivity contribution in [3.63, 3.8) is 0 Å². The minimum absolute atomic E-state index is 0.0522. The normalized spacial score (nSPS) is 10.4. The van der Waals surface area contributed by atoms with E-state index in [1.54, 1.807) is 13.2 Å². The molecule has 1 aromatic carbocycles. The number of rotatable bonds is 3. The summed E-state index contributed by atoms with van der Waals surface area (Å²) in [4.78, 5) is 13.1. The SMILES string of the molecule is COc1csc(C(=O)c2cc(C)c(Br)cc2C)c1. The number of carbonyl (C=O) groups is 1. The third-order valence-electron chi connectivity index (χ3n) is 2.79. The Morgan fingerprint density at radius 1 is 1.22 bits per heavy atom. The lowest BCUT2D eigenvalue weighted by molar-refractivity contribution is 0.104. The van der Waals surface area contributed by atoms with Crippen LogP contribution in [-0.4, -0.2) is 12.9 Å². The minimum Gasteiger partial charge on any atom is -0.496 e. The summed E-state index contributed by atoms with van der Waals surface area (Å²) in [5.41, 5.74) is 2.79. The topological polar surface area (TPSA) is 26.3 Å². The quantitative estimate of drug-likeness (QED) is 0.784. The number of methoxy groups -OCH3 is 1. The third kappa shape index (κ3) is 2.49. The Morgan fingerprint density at radius 2 is 1.94 bits per heavy atom. The lowest BCUT2D eigenvalue weighted by Crippen LogP contribution is -2.02. The van der Waals surface area contributed by atoms with Crippen LogP contribution in [0, 0.1) is 13.8 Å². The zero-order valence-corrected chi connectivity index (χ0v) is 12.8. The standard InChI is InChI=1S/C14H13BrO2S/c1-8-5-12(15)9(2)4-11(8)14(16)13-6-10(17-3)7-18-13/h4-7H,1-3H3. The Kier molecular flexibility index (Phi) is 3.88. The van der Waals surface area contributed by atoms with Crippen LogP contribution < -0.4 is 4.74 Å².